The van der Waals surface area contributed by atoms with Crippen molar-refractivity contribution in [2.24, 2.45) is 11.8 Å². The van der Waals surface area contributed by atoms with E-state index in [1.54, 1.807) is 0 Å². The SMILES string of the molecule is CNCC(C)C(=O)NCC1CCN(C(C)C)C1. The van der Waals surface area contributed by atoms with Gasteiger partial charge in [-0.05, 0) is 39.8 Å². The monoisotopic (exact) mass is 241 g/mol. The molecule has 0 aliphatic carbocycles. The Bertz CT molecular complexity index is 243. The summed E-state index contributed by atoms with van der Waals surface area (Å²) in [6.45, 7) is 10.3. The number of likely N-dealkylation sites (tertiary alicyclic amines) is 1. The van der Waals surface area contributed by atoms with Gasteiger partial charge in [-0.3, -0.25) is 4.79 Å². The van der Waals surface area contributed by atoms with E-state index in [9.17, 15) is 4.79 Å². The molecule has 0 spiro atoms. The highest BCUT2D eigenvalue weighted by molar-refractivity contribution is 5.78. The van der Waals surface area contributed by atoms with E-state index in [4.69, 9.17) is 0 Å². The molecule has 0 radical (unpaired) electrons. The zero-order chi connectivity index (χ0) is 12.8. The fourth-order valence-electron chi connectivity index (χ4n) is 2.32. The third-order valence-corrected chi connectivity index (χ3v) is 3.57. The summed E-state index contributed by atoms with van der Waals surface area (Å²) in [5.41, 5.74) is 0. The molecule has 2 N–H and O–H groups in total. The van der Waals surface area contributed by atoms with E-state index in [1.165, 1.54) is 13.0 Å². The second kappa shape index (κ2) is 6.97. The van der Waals surface area contributed by atoms with Gasteiger partial charge >= 0.3 is 0 Å². The van der Waals surface area contributed by atoms with E-state index >= 15 is 0 Å². The van der Waals surface area contributed by atoms with Crippen LogP contribution < -0.4 is 10.6 Å². The van der Waals surface area contributed by atoms with Crippen LogP contribution in [0.5, 0.6) is 0 Å². The van der Waals surface area contributed by atoms with Crippen molar-refractivity contribution in [1.29, 1.82) is 0 Å². The van der Waals surface area contributed by atoms with Crippen LogP contribution in [0.15, 0.2) is 0 Å². The molecule has 1 amide bonds. The molecule has 0 bridgehead atoms. The van der Waals surface area contributed by atoms with Gasteiger partial charge in [0.05, 0.1) is 0 Å². The number of carbonyl (C=O) groups excluding carboxylic acids is 1. The second-order valence-electron chi connectivity index (χ2n) is 5.45. The smallest absolute Gasteiger partial charge is 0.224 e. The Balaban J connectivity index is 2.21. The first kappa shape index (κ1) is 14.5. The van der Waals surface area contributed by atoms with Gasteiger partial charge in [-0.15, -0.1) is 0 Å². The van der Waals surface area contributed by atoms with Gasteiger partial charge < -0.3 is 15.5 Å². The number of hydrogen-bond donors (Lipinski definition) is 2. The molecule has 0 aromatic heterocycles. The van der Waals surface area contributed by atoms with E-state index in [0.717, 1.165) is 19.6 Å². The zero-order valence-electron chi connectivity index (χ0n) is 11.6. The quantitative estimate of drug-likeness (QED) is 0.719. The molecular weight excluding hydrogens is 214 g/mol. The fraction of sp³-hybridized carbons (Fsp3) is 0.923. The first-order valence-corrected chi connectivity index (χ1v) is 6.71. The number of carbonyl (C=O) groups is 1. The van der Waals surface area contributed by atoms with E-state index in [1.807, 2.05) is 14.0 Å². The summed E-state index contributed by atoms with van der Waals surface area (Å²) in [7, 11) is 1.88. The van der Waals surface area contributed by atoms with Gasteiger partial charge in [0.1, 0.15) is 0 Å². The minimum atomic E-state index is 0.0580. The standard InChI is InChI=1S/C13H27N3O/c1-10(2)16-6-5-12(9-16)8-15-13(17)11(3)7-14-4/h10-12,14H,5-9H2,1-4H3,(H,15,17). The van der Waals surface area contributed by atoms with Gasteiger partial charge in [-0.25, -0.2) is 0 Å². The minimum Gasteiger partial charge on any atom is -0.356 e. The molecule has 0 aromatic carbocycles. The lowest BCUT2D eigenvalue weighted by molar-refractivity contribution is -0.124. The summed E-state index contributed by atoms with van der Waals surface area (Å²) in [5, 5.41) is 6.09. The number of rotatable bonds is 6. The molecule has 17 heavy (non-hydrogen) atoms. The first-order valence-electron chi connectivity index (χ1n) is 6.71. The Morgan fingerprint density at radius 2 is 2.12 bits per heavy atom. The topological polar surface area (TPSA) is 44.4 Å². The van der Waals surface area contributed by atoms with Gasteiger partial charge in [-0.2, -0.15) is 0 Å². The first-order chi connectivity index (χ1) is 8.04. The highest BCUT2D eigenvalue weighted by atomic mass is 16.1. The van der Waals surface area contributed by atoms with Crippen molar-refractivity contribution in [3.05, 3.63) is 0 Å². The normalized spacial score (nSPS) is 23.0. The van der Waals surface area contributed by atoms with E-state index in [0.29, 0.717) is 12.0 Å². The van der Waals surface area contributed by atoms with Crippen molar-refractivity contribution >= 4 is 5.91 Å². The third-order valence-electron chi connectivity index (χ3n) is 3.57. The molecule has 4 nitrogen and oxygen atoms in total. The van der Waals surface area contributed by atoms with Crippen LogP contribution in [0.3, 0.4) is 0 Å². The molecular formula is C13H27N3O. The van der Waals surface area contributed by atoms with Crippen LogP contribution in [0.25, 0.3) is 0 Å². The average molecular weight is 241 g/mol. The lowest BCUT2D eigenvalue weighted by atomic mass is 10.1. The molecule has 0 aromatic rings. The second-order valence-corrected chi connectivity index (χ2v) is 5.45. The molecule has 1 rings (SSSR count). The molecule has 1 aliphatic heterocycles. The van der Waals surface area contributed by atoms with Gasteiger partial charge in [0.2, 0.25) is 5.91 Å². The predicted molar refractivity (Wildman–Crippen MR) is 70.9 cm³/mol. The Morgan fingerprint density at radius 1 is 1.41 bits per heavy atom. The molecule has 1 aliphatic rings. The van der Waals surface area contributed by atoms with E-state index < -0.39 is 0 Å². The summed E-state index contributed by atoms with van der Waals surface area (Å²) < 4.78 is 0. The number of hydrogen-bond acceptors (Lipinski definition) is 3. The summed E-state index contributed by atoms with van der Waals surface area (Å²) in [6.07, 6.45) is 1.21. The van der Waals surface area contributed by atoms with E-state index in [2.05, 4.69) is 29.4 Å². The lowest BCUT2D eigenvalue weighted by Gasteiger charge is -2.20. The van der Waals surface area contributed by atoms with Crippen LogP contribution >= 0.6 is 0 Å². The maximum absolute atomic E-state index is 11.7. The fourth-order valence-corrected chi connectivity index (χ4v) is 2.32. The van der Waals surface area contributed by atoms with Crippen LogP contribution in [-0.2, 0) is 4.79 Å². The van der Waals surface area contributed by atoms with Crippen LogP contribution in [0.2, 0.25) is 0 Å². The summed E-state index contributed by atoms with van der Waals surface area (Å²) in [5.74, 6) is 0.855. The zero-order valence-corrected chi connectivity index (χ0v) is 11.6. The third kappa shape index (κ3) is 4.64. The van der Waals surface area contributed by atoms with Gasteiger partial charge in [0.25, 0.3) is 0 Å². The van der Waals surface area contributed by atoms with Crippen LogP contribution in [-0.4, -0.2) is 50.1 Å². The Labute approximate surface area is 105 Å². The van der Waals surface area contributed by atoms with E-state index in [-0.39, 0.29) is 11.8 Å². The molecule has 2 atom stereocenters. The highest BCUT2D eigenvalue weighted by Crippen LogP contribution is 2.17. The molecule has 1 fully saturated rings. The van der Waals surface area contributed by atoms with Crippen molar-refractivity contribution < 1.29 is 4.79 Å². The van der Waals surface area contributed by atoms with Gasteiger partial charge in [0.15, 0.2) is 0 Å². The summed E-state index contributed by atoms with van der Waals surface area (Å²) in [6, 6.07) is 0.624. The Kier molecular flexibility index (Phi) is 5.92. The molecule has 4 heteroatoms. The van der Waals surface area contributed by atoms with Crippen LogP contribution in [0.4, 0.5) is 0 Å². The van der Waals surface area contributed by atoms with Crippen molar-refractivity contribution in [2.45, 2.75) is 33.2 Å². The lowest BCUT2D eigenvalue weighted by Crippen LogP contribution is -2.38. The van der Waals surface area contributed by atoms with Gasteiger partial charge in [-0.1, -0.05) is 6.92 Å². The number of nitrogens with one attached hydrogen (secondary N) is 2. The largest absolute Gasteiger partial charge is 0.356 e. The predicted octanol–water partition coefficient (Wildman–Crippen LogP) is 0.688. The van der Waals surface area contributed by atoms with Crippen LogP contribution in [0, 0.1) is 11.8 Å². The van der Waals surface area contributed by atoms with Crippen molar-refractivity contribution in [1.82, 2.24) is 15.5 Å². The number of nitrogens with zero attached hydrogens (tertiary/aromatic N) is 1. The van der Waals surface area contributed by atoms with Crippen molar-refractivity contribution in [3.63, 3.8) is 0 Å². The molecule has 100 valence electrons. The average Bonchev–Trinajstić information content (AvgIpc) is 2.75. The molecule has 1 heterocycles. The number of amides is 1. The molecule has 2 unspecified atom stereocenters. The molecule has 0 saturated carbocycles. The maximum atomic E-state index is 11.7. The Morgan fingerprint density at radius 3 is 2.65 bits per heavy atom. The summed E-state index contributed by atoms with van der Waals surface area (Å²) >= 11 is 0. The maximum Gasteiger partial charge on any atom is 0.224 e. The Hall–Kier alpha value is -0.610. The van der Waals surface area contributed by atoms with Gasteiger partial charge in [0, 0.05) is 31.6 Å². The highest BCUT2D eigenvalue weighted by Gasteiger charge is 2.24. The minimum absolute atomic E-state index is 0.0580. The van der Waals surface area contributed by atoms with Crippen molar-refractivity contribution in [2.75, 3.05) is 33.2 Å². The van der Waals surface area contributed by atoms with Crippen LogP contribution in [0.1, 0.15) is 27.2 Å². The summed E-state index contributed by atoms with van der Waals surface area (Å²) in [4.78, 5) is 14.2. The molecule has 1 saturated heterocycles. The van der Waals surface area contributed by atoms with Crippen molar-refractivity contribution in [3.8, 4) is 0 Å².